The van der Waals surface area contributed by atoms with Gasteiger partial charge < -0.3 is 4.70 Å². The van der Waals surface area contributed by atoms with Gasteiger partial charge in [0.15, 0.2) is 20.5 Å². The number of carbonyl (C=O) groups is 1. The normalized spacial score (nSPS) is 15.1. The first-order chi connectivity index (χ1) is 27.4. The van der Waals surface area contributed by atoms with E-state index in [0.29, 0.717) is 0 Å². The Morgan fingerprint density at radius 1 is 0.458 bits per heavy atom. The molecule has 0 heterocycles. The molecule has 0 fully saturated rings. The Balaban J connectivity index is 0.000000704. The Morgan fingerprint density at radius 3 is 1.54 bits per heavy atom. The summed E-state index contributed by atoms with van der Waals surface area (Å²) in [5.74, 6) is 0.0653. The first-order valence-electron chi connectivity index (χ1n) is 18.8. The molecule has 1 unspecified atom stereocenters. The van der Waals surface area contributed by atoms with Gasteiger partial charge in [-0.1, -0.05) is 130 Å². The van der Waals surface area contributed by atoms with E-state index in [2.05, 4.69) is 155 Å². The molecule has 0 aromatic heterocycles. The topological polar surface area (TPSA) is 17.1 Å². The molecule has 2 aliphatic rings. The fourth-order valence-electron chi connectivity index (χ4n) is 8.23. The average Bonchev–Trinajstić information content (AvgIpc) is 3.57. The molecule has 0 saturated carbocycles. The van der Waals surface area contributed by atoms with Crippen LogP contribution in [-0.2, 0) is 21.7 Å². The number of hydrogen-bond acceptors (Lipinski definition) is 2. The number of benzene rings is 7. The van der Waals surface area contributed by atoms with Crippen LogP contribution in [0.5, 0.6) is 0 Å². The monoisotopic (exact) mass is 942 g/mol. The molecule has 0 spiro atoms. The third-order valence-corrected chi connectivity index (χ3v) is 14.2. The SMILES string of the molecule is CC1(C)c2cc(Sc3ccc([S+](c4ccccc4)c4ccc5c(c4)C(C)(C)c4ccccc4-5)cc3)ccc2-c2ccc(C(=O)c3ccccc3)cc21.[F-].[F][Sb]([F])([F])([F])[F]. The Hall–Kier alpha value is -4.69. The summed E-state index contributed by atoms with van der Waals surface area (Å²) >= 11 is -7.38. The van der Waals surface area contributed by atoms with E-state index in [1.165, 1.54) is 69.0 Å². The Morgan fingerprint density at radius 2 is 0.898 bits per heavy atom. The first kappa shape index (κ1) is 42.4. The molecule has 0 bridgehead atoms. The predicted octanol–water partition coefficient (Wildman–Crippen LogP) is 11.5. The zero-order chi connectivity index (χ0) is 41.1. The Labute approximate surface area is 352 Å². The summed E-state index contributed by atoms with van der Waals surface area (Å²) in [7, 11) is -0.244. The van der Waals surface area contributed by atoms with Gasteiger partial charge in [0.05, 0.1) is 10.9 Å². The van der Waals surface area contributed by atoms with Crippen molar-refractivity contribution in [3.63, 3.8) is 0 Å². The van der Waals surface area contributed by atoms with E-state index >= 15 is 0 Å². The summed E-state index contributed by atoms with van der Waals surface area (Å²) in [6.45, 7) is 9.27. The number of fused-ring (bicyclic) bond motifs is 6. The molecule has 0 aliphatic heterocycles. The zero-order valence-corrected chi connectivity index (χ0v) is 36.7. The standard InChI is InChI=1S/C49H39OS2.6FH.Sb/c1-48(2)43-18-12-11-17-39(43)42-28-25-38(31-46(42)48)52(36-15-9-6-10-16-36)37-23-20-34(21-24-37)51-35-22-27-41-40-26-19-33(47(50)32-13-7-5-8-14-32)29-44(40)49(3,4)45(41)30-35;;;;;;;/h5-31H,1-4H3;6*1H;/q+1;;;;;;;+5/p-6. The summed E-state index contributed by atoms with van der Waals surface area (Å²) in [6.07, 6.45) is 0. The van der Waals surface area contributed by atoms with Crippen molar-refractivity contribution < 1.29 is 23.6 Å². The molecule has 7 aromatic rings. The van der Waals surface area contributed by atoms with Gasteiger partial charge in [-0.05, 0) is 117 Å². The van der Waals surface area contributed by atoms with E-state index in [9.17, 15) is 18.9 Å². The van der Waals surface area contributed by atoms with Crippen LogP contribution >= 0.6 is 11.8 Å². The summed E-state index contributed by atoms with van der Waals surface area (Å²) in [4.78, 5) is 19.7. The molecule has 0 saturated heterocycles. The average molecular weight is 944 g/mol. The fourth-order valence-corrected chi connectivity index (χ4v) is 11.2. The van der Waals surface area contributed by atoms with Crippen LogP contribution in [0.3, 0.4) is 0 Å². The molecule has 7 aromatic carbocycles. The quantitative estimate of drug-likeness (QED) is 0.0686. The molecule has 0 radical (unpaired) electrons. The van der Waals surface area contributed by atoms with Gasteiger partial charge in [-0.15, -0.1) is 0 Å². The third-order valence-electron chi connectivity index (χ3n) is 11.0. The predicted molar refractivity (Wildman–Crippen MR) is 228 cm³/mol. The van der Waals surface area contributed by atoms with Gasteiger partial charge in [-0.25, -0.2) is 0 Å². The van der Waals surface area contributed by atoms with Crippen molar-refractivity contribution >= 4 is 48.7 Å². The van der Waals surface area contributed by atoms with Crippen LogP contribution in [0.4, 0.5) is 14.1 Å². The van der Waals surface area contributed by atoms with Gasteiger partial charge in [0.1, 0.15) is 0 Å². The van der Waals surface area contributed by atoms with Gasteiger partial charge in [-0.2, -0.15) is 0 Å². The van der Waals surface area contributed by atoms with Gasteiger partial charge in [0.2, 0.25) is 0 Å². The van der Waals surface area contributed by atoms with Crippen molar-refractivity contribution in [3.05, 3.63) is 197 Å². The molecule has 2 aliphatic carbocycles. The second-order valence-corrected chi connectivity index (χ2v) is 22.3. The first-order valence-corrected chi connectivity index (χ1v) is 25.6. The van der Waals surface area contributed by atoms with Crippen LogP contribution < -0.4 is 4.70 Å². The summed E-state index contributed by atoms with van der Waals surface area (Å²) in [6, 6.07) is 58.8. The van der Waals surface area contributed by atoms with Crippen molar-refractivity contribution in [2.45, 2.75) is 63.0 Å². The van der Waals surface area contributed by atoms with Gasteiger partial charge in [0, 0.05) is 31.7 Å². The van der Waals surface area contributed by atoms with Gasteiger partial charge >= 0.3 is 34.4 Å². The van der Waals surface area contributed by atoms with Crippen LogP contribution in [0, 0.1) is 0 Å². The van der Waals surface area contributed by atoms with E-state index in [1.54, 1.807) is 0 Å². The third kappa shape index (κ3) is 8.66. The summed E-state index contributed by atoms with van der Waals surface area (Å²) in [5, 5.41) is 0. The van der Waals surface area contributed by atoms with Crippen molar-refractivity contribution in [1.29, 1.82) is 0 Å². The van der Waals surface area contributed by atoms with Crippen molar-refractivity contribution in [1.82, 2.24) is 0 Å². The van der Waals surface area contributed by atoms with E-state index in [4.69, 9.17) is 0 Å². The molecule has 0 amide bonds. The second-order valence-electron chi connectivity index (χ2n) is 15.5. The fraction of sp³-hybridized carbons (Fsp3) is 0.122. The van der Waals surface area contributed by atoms with E-state index < -0.39 is 20.3 Å². The number of ketones is 1. The maximum absolute atomic E-state index is 13.3. The van der Waals surface area contributed by atoms with Gasteiger partial charge in [-0.3, -0.25) is 4.79 Å². The number of hydrogen-bond donors (Lipinski definition) is 0. The Bertz CT molecular complexity index is 2680. The van der Waals surface area contributed by atoms with E-state index in [-0.39, 0.29) is 32.2 Å². The molecule has 1 nitrogen and oxygen atoms in total. The summed E-state index contributed by atoms with van der Waals surface area (Å²) in [5.41, 5.74) is 11.7. The molecule has 10 heteroatoms. The minimum absolute atomic E-state index is 0. The van der Waals surface area contributed by atoms with Crippen LogP contribution in [0.1, 0.15) is 65.9 Å². The number of carbonyl (C=O) groups excluding carboxylic acids is 1. The van der Waals surface area contributed by atoms with Crippen molar-refractivity contribution in [2.75, 3.05) is 0 Å². The van der Waals surface area contributed by atoms with Gasteiger partial charge in [0.25, 0.3) is 0 Å². The molecule has 1 atom stereocenters. The molecule has 300 valence electrons. The minimum atomic E-state index is -9.19. The number of halogens is 6. The van der Waals surface area contributed by atoms with E-state index in [1.807, 2.05) is 48.2 Å². The van der Waals surface area contributed by atoms with E-state index in [0.717, 1.165) is 11.1 Å². The van der Waals surface area contributed by atoms with Crippen molar-refractivity contribution in [3.8, 4) is 22.3 Å². The molecular weight excluding hydrogens is 904 g/mol. The molecule has 59 heavy (non-hydrogen) atoms. The van der Waals surface area contributed by atoms with Crippen LogP contribution in [0.2, 0.25) is 0 Å². The summed E-state index contributed by atoms with van der Waals surface area (Å²) < 4.78 is 49.6. The van der Waals surface area contributed by atoms with Crippen LogP contribution in [-0.4, -0.2) is 26.1 Å². The van der Waals surface area contributed by atoms with Crippen molar-refractivity contribution in [2.24, 2.45) is 0 Å². The second kappa shape index (κ2) is 15.7. The molecular formula is C49H39F6OS2Sb. The maximum atomic E-state index is 13.3. The molecule has 0 N–H and O–H groups in total. The number of rotatable bonds is 7. The Kier molecular flexibility index (Phi) is 11.3. The van der Waals surface area contributed by atoms with Crippen LogP contribution in [0.25, 0.3) is 22.3 Å². The molecule has 9 rings (SSSR count). The zero-order valence-electron chi connectivity index (χ0n) is 32.5. The van der Waals surface area contributed by atoms with Crippen LogP contribution in [0.15, 0.2) is 188 Å².